The summed E-state index contributed by atoms with van der Waals surface area (Å²) in [7, 11) is 0. The molecule has 1 aliphatic heterocycles. The van der Waals surface area contributed by atoms with Gasteiger partial charge in [0.25, 0.3) is 0 Å². The molecule has 1 aliphatic rings. The summed E-state index contributed by atoms with van der Waals surface area (Å²) in [6.07, 6.45) is 12.2. The minimum Gasteiger partial charge on any atom is -0.353 e. The summed E-state index contributed by atoms with van der Waals surface area (Å²) in [5.74, 6) is 6.08. The first kappa shape index (κ1) is 15.1. The van der Waals surface area contributed by atoms with E-state index in [9.17, 15) is 0 Å². The molecule has 20 heavy (non-hydrogen) atoms. The molecule has 0 bridgehead atoms. The fourth-order valence-corrected chi connectivity index (χ4v) is 2.43. The number of hydrogen-bond donors (Lipinski definition) is 0. The zero-order valence-electron chi connectivity index (χ0n) is 11.6. The molecule has 1 fully saturated rings. The minimum atomic E-state index is 0.0179. The maximum atomic E-state index is 5.64. The number of allylic oxidation sites excluding steroid dienone is 3. The third-order valence-corrected chi connectivity index (χ3v) is 3.65. The number of hydrogen-bond acceptors (Lipinski definition) is 3. The summed E-state index contributed by atoms with van der Waals surface area (Å²) in [4.78, 5) is 1.10. The zero-order valence-corrected chi connectivity index (χ0v) is 12.4. The van der Waals surface area contributed by atoms with Crippen LogP contribution in [0, 0.1) is 11.8 Å². The van der Waals surface area contributed by atoms with Crippen LogP contribution in [-0.2, 0) is 9.47 Å². The monoisotopic (exact) mass is 288 g/mol. The van der Waals surface area contributed by atoms with Gasteiger partial charge in [-0.15, -0.1) is 11.3 Å². The summed E-state index contributed by atoms with van der Waals surface area (Å²) in [6, 6.07) is 4.03. The third-order valence-electron chi connectivity index (χ3n) is 2.87. The molecular formula is C17H20O2S. The summed E-state index contributed by atoms with van der Waals surface area (Å²) in [5, 5.41) is 2.03. The van der Waals surface area contributed by atoms with E-state index in [4.69, 9.17) is 9.47 Å². The molecule has 0 spiro atoms. The second kappa shape index (κ2) is 9.55. The van der Waals surface area contributed by atoms with Crippen molar-refractivity contribution in [3.8, 4) is 11.8 Å². The Hall–Kier alpha value is -1.34. The van der Waals surface area contributed by atoms with Crippen LogP contribution in [0.1, 0.15) is 30.6 Å². The lowest BCUT2D eigenvalue weighted by atomic mass is 10.2. The van der Waals surface area contributed by atoms with Gasteiger partial charge in [0.15, 0.2) is 6.29 Å². The first-order chi connectivity index (χ1) is 9.95. The normalized spacial score (nSPS) is 19.3. The van der Waals surface area contributed by atoms with Crippen LogP contribution >= 0.6 is 11.3 Å². The maximum absolute atomic E-state index is 5.64. The lowest BCUT2D eigenvalue weighted by Gasteiger charge is -2.22. The second-order valence-corrected chi connectivity index (χ2v) is 5.44. The zero-order chi connectivity index (χ0) is 13.9. The Bertz CT molecular complexity index is 471. The largest absolute Gasteiger partial charge is 0.353 e. The van der Waals surface area contributed by atoms with Gasteiger partial charge < -0.3 is 9.47 Å². The molecule has 1 atom stereocenters. The van der Waals surface area contributed by atoms with Gasteiger partial charge in [0.05, 0.1) is 11.5 Å². The third kappa shape index (κ3) is 6.21. The lowest BCUT2D eigenvalue weighted by molar-refractivity contribution is -0.161. The summed E-state index contributed by atoms with van der Waals surface area (Å²) < 4.78 is 11.1. The molecule has 2 nitrogen and oxygen atoms in total. The first-order valence-electron chi connectivity index (χ1n) is 7.05. The van der Waals surface area contributed by atoms with Gasteiger partial charge in [-0.2, -0.15) is 0 Å². The van der Waals surface area contributed by atoms with Crippen molar-refractivity contribution in [2.45, 2.75) is 32.0 Å². The Morgan fingerprint density at radius 3 is 3.20 bits per heavy atom. The van der Waals surface area contributed by atoms with Crippen molar-refractivity contribution in [3.05, 3.63) is 46.7 Å². The Morgan fingerprint density at radius 1 is 1.40 bits per heavy atom. The molecule has 0 amide bonds. The second-order valence-electron chi connectivity index (χ2n) is 4.49. The van der Waals surface area contributed by atoms with Gasteiger partial charge >= 0.3 is 0 Å². The van der Waals surface area contributed by atoms with Crippen LogP contribution in [0.4, 0.5) is 0 Å². The van der Waals surface area contributed by atoms with E-state index in [1.165, 1.54) is 6.42 Å². The fraction of sp³-hybridized carbons (Fsp3) is 0.412. The molecule has 1 aromatic rings. The quantitative estimate of drug-likeness (QED) is 0.460. The summed E-state index contributed by atoms with van der Waals surface area (Å²) >= 11 is 1.66. The molecule has 1 unspecified atom stereocenters. The van der Waals surface area contributed by atoms with Crippen LogP contribution in [0.15, 0.2) is 41.8 Å². The van der Waals surface area contributed by atoms with Gasteiger partial charge in [-0.05, 0) is 43.2 Å². The number of ether oxygens (including phenoxy) is 2. The van der Waals surface area contributed by atoms with Gasteiger partial charge in [0.2, 0.25) is 0 Å². The topological polar surface area (TPSA) is 18.5 Å². The van der Waals surface area contributed by atoms with E-state index in [-0.39, 0.29) is 6.29 Å². The van der Waals surface area contributed by atoms with Crippen molar-refractivity contribution in [1.82, 2.24) is 0 Å². The Labute approximate surface area is 125 Å². The SMILES string of the molecule is C(#Cc1cccs1)/C=C/C=C/CCOC1CCCCO1. The highest BCUT2D eigenvalue weighted by atomic mass is 32.1. The highest BCUT2D eigenvalue weighted by Crippen LogP contribution is 2.13. The molecule has 1 aromatic heterocycles. The smallest absolute Gasteiger partial charge is 0.157 e. The van der Waals surface area contributed by atoms with Gasteiger partial charge in [0, 0.05) is 6.61 Å². The van der Waals surface area contributed by atoms with Crippen LogP contribution in [0.25, 0.3) is 0 Å². The van der Waals surface area contributed by atoms with E-state index in [1.54, 1.807) is 11.3 Å². The molecule has 1 saturated heterocycles. The lowest BCUT2D eigenvalue weighted by Crippen LogP contribution is -2.22. The fourth-order valence-electron chi connectivity index (χ4n) is 1.85. The van der Waals surface area contributed by atoms with Crippen LogP contribution in [0.3, 0.4) is 0 Å². The molecule has 0 saturated carbocycles. The van der Waals surface area contributed by atoms with Gasteiger partial charge in [0.1, 0.15) is 0 Å². The molecule has 106 valence electrons. The van der Waals surface area contributed by atoms with Crippen LogP contribution in [-0.4, -0.2) is 19.5 Å². The average Bonchev–Trinajstić information content (AvgIpc) is 3.00. The molecule has 0 aromatic carbocycles. The van der Waals surface area contributed by atoms with Gasteiger partial charge in [-0.3, -0.25) is 0 Å². The van der Waals surface area contributed by atoms with Crippen LogP contribution in [0.2, 0.25) is 0 Å². The van der Waals surface area contributed by atoms with E-state index in [1.807, 2.05) is 35.7 Å². The Morgan fingerprint density at radius 2 is 2.40 bits per heavy atom. The number of rotatable bonds is 5. The average molecular weight is 288 g/mol. The van der Waals surface area contributed by atoms with E-state index < -0.39 is 0 Å². The summed E-state index contributed by atoms with van der Waals surface area (Å²) in [6.45, 7) is 1.56. The highest BCUT2D eigenvalue weighted by molar-refractivity contribution is 7.10. The predicted octanol–water partition coefficient (Wildman–Crippen LogP) is 4.15. The Kier molecular flexibility index (Phi) is 7.19. The standard InChI is InChI=1S/C17H20O2S/c1(3-5-10-16-11-9-15-20-16)2-4-7-13-18-17-12-6-8-14-19-17/h1-4,9,11,15,17H,6-8,12-14H2/b3-1+,4-2+. The van der Waals surface area contributed by atoms with Crippen LogP contribution in [0.5, 0.6) is 0 Å². The van der Waals surface area contributed by atoms with E-state index in [0.717, 1.165) is 37.4 Å². The van der Waals surface area contributed by atoms with Crippen molar-refractivity contribution >= 4 is 11.3 Å². The summed E-state index contributed by atoms with van der Waals surface area (Å²) in [5.41, 5.74) is 0. The first-order valence-corrected chi connectivity index (χ1v) is 7.93. The van der Waals surface area contributed by atoms with Crippen molar-refractivity contribution in [1.29, 1.82) is 0 Å². The van der Waals surface area contributed by atoms with Crippen molar-refractivity contribution in [2.24, 2.45) is 0 Å². The molecule has 0 radical (unpaired) electrons. The number of thiophene rings is 1. The molecule has 0 aliphatic carbocycles. The van der Waals surface area contributed by atoms with E-state index in [0.29, 0.717) is 0 Å². The van der Waals surface area contributed by atoms with Crippen LogP contribution < -0.4 is 0 Å². The van der Waals surface area contributed by atoms with E-state index in [2.05, 4.69) is 17.9 Å². The molecular weight excluding hydrogens is 268 g/mol. The molecule has 0 N–H and O–H groups in total. The van der Waals surface area contributed by atoms with E-state index >= 15 is 0 Å². The molecule has 2 heterocycles. The van der Waals surface area contributed by atoms with Crippen molar-refractivity contribution in [3.63, 3.8) is 0 Å². The van der Waals surface area contributed by atoms with Crippen molar-refractivity contribution in [2.75, 3.05) is 13.2 Å². The Balaban J connectivity index is 1.55. The minimum absolute atomic E-state index is 0.0179. The van der Waals surface area contributed by atoms with Crippen molar-refractivity contribution < 1.29 is 9.47 Å². The highest BCUT2D eigenvalue weighted by Gasteiger charge is 2.12. The molecule has 2 rings (SSSR count). The van der Waals surface area contributed by atoms with Gasteiger partial charge in [-0.1, -0.05) is 36.1 Å². The predicted molar refractivity (Wildman–Crippen MR) is 83.6 cm³/mol. The maximum Gasteiger partial charge on any atom is 0.157 e. The van der Waals surface area contributed by atoms with Gasteiger partial charge in [-0.25, -0.2) is 0 Å². The molecule has 3 heteroatoms.